The van der Waals surface area contributed by atoms with E-state index in [1.54, 1.807) is 6.20 Å². The molecule has 0 aliphatic heterocycles. The van der Waals surface area contributed by atoms with E-state index in [1.807, 2.05) is 0 Å². The monoisotopic (exact) mass is 146 g/mol. The summed E-state index contributed by atoms with van der Waals surface area (Å²) >= 11 is 5.40. The maximum atomic E-state index is 5.40. The van der Waals surface area contributed by atoms with E-state index in [9.17, 15) is 0 Å². The van der Waals surface area contributed by atoms with Gasteiger partial charge in [-0.05, 0) is 0 Å². The van der Waals surface area contributed by atoms with Gasteiger partial charge in [0.1, 0.15) is 0 Å². The number of anilines is 1. The van der Waals surface area contributed by atoms with Crippen molar-refractivity contribution in [3.63, 3.8) is 0 Å². The summed E-state index contributed by atoms with van der Waals surface area (Å²) in [4.78, 5) is 0. The van der Waals surface area contributed by atoms with E-state index in [0.29, 0.717) is 12.4 Å². The minimum atomic E-state index is 0.576. The lowest BCUT2D eigenvalue weighted by molar-refractivity contribution is 0.938. The predicted octanol–water partition coefficient (Wildman–Crippen LogP) is 0.455. The van der Waals surface area contributed by atoms with Crippen molar-refractivity contribution in [3.8, 4) is 0 Å². The molecular formula is C4H7ClN4. The Labute approximate surface area is 57.6 Å². The van der Waals surface area contributed by atoms with Crippen LogP contribution in [0.4, 0.5) is 5.82 Å². The molecule has 2 N–H and O–H groups in total. The van der Waals surface area contributed by atoms with Gasteiger partial charge in [-0.1, -0.05) is 0 Å². The lowest BCUT2D eigenvalue weighted by Crippen LogP contribution is -2.02. The number of hydrogen-bond donors (Lipinski definition) is 2. The highest BCUT2D eigenvalue weighted by molar-refractivity contribution is 6.18. The summed E-state index contributed by atoms with van der Waals surface area (Å²) in [6, 6.07) is 0. The van der Waals surface area contributed by atoms with Crippen LogP contribution in [-0.2, 0) is 0 Å². The van der Waals surface area contributed by atoms with Crippen LogP contribution in [0.1, 0.15) is 0 Å². The van der Waals surface area contributed by atoms with Gasteiger partial charge in [0.25, 0.3) is 0 Å². The Hall–Kier alpha value is -0.770. The van der Waals surface area contributed by atoms with Gasteiger partial charge >= 0.3 is 0 Å². The number of nitrogens with zero attached hydrogens (tertiary/aromatic N) is 2. The highest BCUT2D eigenvalue weighted by atomic mass is 35.5. The Morgan fingerprint density at radius 2 is 2.67 bits per heavy atom. The zero-order chi connectivity index (χ0) is 6.53. The highest BCUT2D eigenvalue weighted by Gasteiger charge is 1.89. The number of aromatic amines is 1. The van der Waals surface area contributed by atoms with Gasteiger partial charge in [0.15, 0.2) is 5.82 Å². The van der Waals surface area contributed by atoms with Gasteiger partial charge in [-0.3, -0.25) is 0 Å². The standard InChI is InChI=1S/C4H7ClN4/c5-1-2-6-4-3-7-9-8-4/h3H,1-2H2,(H2,6,7,8,9). The van der Waals surface area contributed by atoms with Crippen molar-refractivity contribution in [3.05, 3.63) is 6.20 Å². The van der Waals surface area contributed by atoms with E-state index >= 15 is 0 Å². The molecule has 0 aliphatic carbocycles. The van der Waals surface area contributed by atoms with E-state index in [0.717, 1.165) is 5.82 Å². The van der Waals surface area contributed by atoms with E-state index < -0.39 is 0 Å². The first-order chi connectivity index (χ1) is 4.43. The third-order valence-electron chi connectivity index (χ3n) is 0.816. The van der Waals surface area contributed by atoms with Crippen molar-refractivity contribution in [2.24, 2.45) is 0 Å². The van der Waals surface area contributed by atoms with Gasteiger partial charge < -0.3 is 5.32 Å². The van der Waals surface area contributed by atoms with E-state index in [1.165, 1.54) is 0 Å². The van der Waals surface area contributed by atoms with Crippen LogP contribution in [0.25, 0.3) is 0 Å². The number of hydrogen-bond acceptors (Lipinski definition) is 3. The van der Waals surface area contributed by atoms with Gasteiger partial charge in [0.05, 0.1) is 6.20 Å². The second-order valence-corrected chi connectivity index (χ2v) is 1.85. The molecule has 4 nitrogen and oxygen atoms in total. The van der Waals surface area contributed by atoms with Crippen molar-refractivity contribution >= 4 is 17.4 Å². The molecule has 0 bridgehead atoms. The first kappa shape index (κ1) is 6.35. The Morgan fingerprint density at radius 3 is 3.22 bits per heavy atom. The number of rotatable bonds is 3. The maximum Gasteiger partial charge on any atom is 0.168 e. The first-order valence-electron chi connectivity index (χ1n) is 2.59. The molecule has 0 aliphatic rings. The third kappa shape index (κ3) is 1.89. The summed E-state index contributed by atoms with van der Waals surface area (Å²) in [5.74, 6) is 1.31. The van der Waals surface area contributed by atoms with Crippen molar-refractivity contribution in [1.82, 2.24) is 15.4 Å². The van der Waals surface area contributed by atoms with Gasteiger partial charge in [0.2, 0.25) is 0 Å². The molecule has 0 saturated carbocycles. The van der Waals surface area contributed by atoms with Crippen LogP contribution in [-0.4, -0.2) is 27.8 Å². The fourth-order valence-corrected chi connectivity index (χ4v) is 0.557. The predicted molar refractivity (Wildman–Crippen MR) is 35.6 cm³/mol. The van der Waals surface area contributed by atoms with Crippen molar-refractivity contribution in [1.29, 1.82) is 0 Å². The van der Waals surface area contributed by atoms with Crippen LogP contribution in [0.5, 0.6) is 0 Å². The zero-order valence-corrected chi connectivity index (χ0v) is 5.52. The molecule has 0 spiro atoms. The lowest BCUT2D eigenvalue weighted by Gasteiger charge is -1.93. The van der Waals surface area contributed by atoms with Crippen LogP contribution in [0, 0.1) is 0 Å². The molecule has 0 unspecified atom stereocenters. The SMILES string of the molecule is ClCCNc1cn[nH]n1. The van der Waals surface area contributed by atoms with E-state index in [4.69, 9.17) is 11.6 Å². The molecule has 1 heterocycles. The number of alkyl halides is 1. The molecule has 50 valence electrons. The van der Waals surface area contributed by atoms with Crippen LogP contribution >= 0.6 is 11.6 Å². The second-order valence-electron chi connectivity index (χ2n) is 1.47. The third-order valence-corrected chi connectivity index (χ3v) is 1.00. The number of aromatic nitrogens is 3. The largest absolute Gasteiger partial charge is 0.366 e. The molecule has 5 heteroatoms. The van der Waals surface area contributed by atoms with E-state index in [2.05, 4.69) is 20.7 Å². The lowest BCUT2D eigenvalue weighted by atomic mass is 10.7. The molecule has 9 heavy (non-hydrogen) atoms. The highest BCUT2D eigenvalue weighted by Crippen LogP contribution is 1.93. The average Bonchev–Trinajstić information content (AvgIpc) is 2.34. The molecule has 1 aromatic rings. The molecule has 0 fully saturated rings. The Kier molecular flexibility index (Phi) is 2.32. The van der Waals surface area contributed by atoms with Crippen LogP contribution < -0.4 is 5.32 Å². The summed E-state index contributed by atoms with van der Waals surface area (Å²) in [6.07, 6.45) is 1.60. The summed E-state index contributed by atoms with van der Waals surface area (Å²) in [5.41, 5.74) is 0. The first-order valence-corrected chi connectivity index (χ1v) is 3.12. The molecule has 0 aromatic carbocycles. The average molecular weight is 147 g/mol. The fourth-order valence-electron chi connectivity index (χ4n) is 0.462. The molecular weight excluding hydrogens is 140 g/mol. The second kappa shape index (κ2) is 3.29. The number of H-pyrrole nitrogens is 1. The van der Waals surface area contributed by atoms with Gasteiger partial charge in [-0.15, -0.1) is 16.7 Å². The van der Waals surface area contributed by atoms with Crippen LogP contribution in [0.3, 0.4) is 0 Å². The smallest absolute Gasteiger partial charge is 0.168 e. The van der Waals surface area contributed by atoms with Gasteiger partial charge in [-0.25, -0.2) is 0 Å². The number of halogens is 1. The Balaban J connectivity index is 2.30. The molecule has 1 aromatic heterocycles. The van der Waals surface area contributed by atoms with Crippen molar-refractivity contribution in [2.45, 2.75) is 0 Å². The van der Waals surface area contributed by atoms with Gasteiger partial charge in [-0.2, -0.15) is 10.3 Å². The summed E-state index contributed by atoms with van der Waals surface area (Å²) in [5, 5.41) is 12.8. The minimum absolute atomic E-state index is 0.576. The van der Waals surface area contributed by atoms with Crippen LogP contribution in [0.15, 0.2) is 6.20 Å². The number of nitrogens with one attached hydrogen (secondary N) is 2. The Morgan fingerprint density at radius 1 is 1.78 bits per heavy atom. The normalized spacial score (nSPS) is 9.44. The summed E-state index contributed by atoms with van der Waals surface area (Å²) in [7, 11) is 0. The van der Waals surface area contributed by atoms with Gasteiger partial charge in [0, 0.05) is 12.4 Å². The molecule has 0 saturated heterocycles. The molecule has 0 atom stereocenters. The molecule has 0 amide bonds. The summed E-state index contributed by atoms with van der Waals surface area (Å²) in [6.45, 7) is 0.716. The molecule has 0 radical (unpaired) electrons. The van der Waals surface area contributed by atoms with Crippen molar-refractivity contribution < 1.29 is 0 Å². The maximum absolute atomic E-state index is 5.40. The Bertz CT molecular complexity index is 150. The fraction of sp³-hybridized carbons (Fsp3) is 0.500. The summed E-state index contributed by atoms with van der Waals surface area (Å²) < 4.78 is 0. The quantitative estimate of drug-likeness (QED) is 0.609. The van der Waals surface area contributed by atoms with Crippen molar-refractivity contribution in [2.75, 3.05) is 17.7 Å². The zero-order valence-electron chi connectivity index (χ0n) is 4.76. The topological polar surface area (TPSA) is 53.6 Å². The molecule has 1 rings (SSSR count). The minimum Gasteiger partial charge on any atom is -0.366 e. The van der Waals surface area contributed by atoms with Crippen LogP contribution in [0.2, 0.25) is 0 Å². The van der Waals surface area contributed by atoms with E-state index in [-0.39, 0.29) is 0 Å².